The molecule has 1 aromatic rings. The van der Waals surface area contributed by atoms with Crippen LogP contribution < -0.4 is 5.32 Å². The average molecular weight is 216 g/mol. The molecule has 0 aliphatic carbocycles. The van der Waals surface area contributed by atoms with Crippen molar-refractivity contribution in [1.29, 1.82) is 0 Å². The fourth-order valence-corrected chi connectivity index (χ4v) is 1.30. The van der Waals surface area contributed by atoms with Gasteiger partial charge in [0.05, 0.1) is 0 Å². The third-order valence-electron chi connectivity index (χ3n) is 1.57. The Morgan fingerprint density at radius 3 is 2.85 bits per heavy atom. The topological polar surface area (TPSA) is 29.1 Å². The summed E-state index contributed by atoms with van der Waals surface area (Å²) in [6.07, 6.45) is 1.74. The Kier molecular flexibility index (Phi) is 4.12. The number of carbonyl (C=O) groups is 1. The summed E-state index contributed by atoms with van der Waals surface area (Å²) in [6, 6.07) is 7.46. The van der Waals surface area contributed by atoms with E-state index in [2.05, 4.69) is 5.32 Å². The van der Waals surface area contributed by atoms with E-state index in [1.165, 1.54) is 0 Å². The van der Waals surface area contributed by atoms with Crippen molar-refractivity contribution in [1.82, 2.24) is 5.32 Å². The molecule has 0 heterocycles. The summed E-state index contributed by atoms with van der Waals surface area (Å²) < 4.78 is 0. The lowest BCUT2D eigenvalue weighted by molar-refractivity contribution is 0.260. The van der Waals surface area contributed by atoms with E-state index in [9.17, 15) is 4.79 Å². The van der Waals surface area contributed by atoms with E-state index in [1.54, 1.807) is 6.26 Å². The van der Waals surface area contributed by atoms with Crippen LogP contribution >= 0.6 is 23.4 Å². The van der Waals surface area contributed by atoms with Gasteiger partial charge in [-0.25, -0.2) is 0 Å². The minimum atomic E-state index is -0.0417. The molecule has 13 heavy (non-hydrogen) atoms. The molecule has 0 fully saturated rings. The summed E-state index contributed by atoms with van der Waals surface area (Å²) in [6.45, 7) is 0.485. The third kappa shape index (κ3) is 3.28. The van der Waals surface area contributed by atoms with Gasteiger partial charge >= 0.3 is 0 Å². The summed E-state index contributed by atoms with van der Waals surface area (Å²) in [7, 11) is 0. The lowest BCUT2D eigenvalue weighted by Gasteiger charge is -2.04. The quantitative estimate of drug-likeness (QED) is 0.822. The molecule has 0 atom stereocenters. The Morgan fingerprint density at radius 2 is 2.23 bits per heavy atom. The fourth-order valence-electron chi connectivity index (χ4n) is 0.881. The smallest absolute Gasteiger partial charge is 0.279 e. The summed E-state index contributed by atoms with van der Waals surface area (Å²) in [4.78, 5) is 10.9. The molecule has 0 spiro atoms. The van der Waals surface area contributed by atoms with Crippen LogP contribution in [0.15, 0.2) is 24.3 Å². The van der Waals surface area contributed by atoms with Crippen molar-refractivity contribution in [2.24, 2.45) is 0 Å². The van der Waals surface area contributed by atoms with Crippen molar-refractivity contribution in [3.8, 4) is 0 Å². The third-order valence-corrected chi connectivity index (χ3v) is 2.45. The molecule has 1 N–H and O–H groups in total. The molecule has 70 valence electrons. The van der Waals surface area contributed by atoms with Crippen LogP contribution in [0.1, 0.15) is 5.56 Å². The van der Waals surface area contributed by atoms with Gasteiger partial charge in [0.2, 0.25) is 0 Å². The van der Waals surface area contributed by atoms with Crippen LogP contribution in [0.2, 0.25) is 5.02 Å². The molecule has 1 amide bonds. The first kappa shape index (κ1) is 10.4. The van der Waals surface area contributed by atoms with Gasteiger partial charge in [-0.1, -0.05) is 41.6 Å². The van der Waals surface area contributed by atoms with Crippen LogP contribution in [0.3, 0.4) is 0 Å². The molecule has 1 rings (SSSR count). The molecule has 0 saturated carbocycles. The van der Waals surface area contributed by atoms with Crippen molar-refractivity contribution in [2.45, 2.75) is 6.54 Å². The Labute approximate surface area is 86.7 Å². The van der Waals surface area contributed by atoms with E-state index in [1.807, 2.05) is 24.3 Å². The van der Waals surface area contributed by atoms with Crippen molar-refractivity contribution >= 4 is 28.6 Å². The molecule has 0 bridgehead atoms. The van der Waals surface area contributed by atoms with E-state index >= 15 is 0 Å². The second-order valence-corrected chi connectivity index (χ2v) is 3.62. The lowest BCUT2D eigenvalue weighted by atomic mass is 10.2. The molecule has 0 aliphatic heterocycles. The summed E-state index contributed by atoms with van der Waals surface area (Å²) >= 11 is 7.05. The second-order valence-electron chi connectivity index (χ2n) is 2.44. The van der Waals surface area contributed by atoms with Crippen LogP contribution in [0, 0.1) is 0 Å². The molecule has 2 nitrogen and oxygen atoms in total. The molecule has 0 aliphatic rings. The highest BCUT2D eigenvalue weighted by molar-refractivity contribution is 8.12. The SMILES string of the molecule is CSC(=O)NCc1ccccc1Cl. The number of carbonyl (C=O) groups excluding carboxylic acids is 1. The van der Waals surface area contributed by atoms with Gasteiger partial charge in [-0.2, -0.15) is 0 Å². The fraction of sp³-hybridized carbons (Fsp3) is 0.222. The van der Waals surface area contributed by atoms with Crippen LogP contribution in [-0.2, 0) is 6.54 Å². The number of amides is 1. The van der Waals surface area contributed by atoms with E-state index in [4.69, 9.17) is 11.6 Å². The summed E-state index contributed by atoms with van der Waals surface area (Å²) in [5, 5.41) is 3.37. The van der Waals surface area contributed by atoms with Crippen LogP contribution in [-0.4, -0.2) is 11.5 Å². The number of nitrogens with one attached hydrogen (secondary N) is 1. The van der Waals surface area contributed by atoms with Crippen LogP contribution in [0.4, 0.5) is 4.79 Å². The molecule has 1 aromatic carbocycles. The number of hydrogen-bond acceptors (Lipinski definition) is 2. The van der Waals surface area contributed by atoms with Crippen molar-refractivity contribution in [3.63, 3.8) is 0 Å². The lowest BCUT2D eigenvalue weighted by Crippen LogP contribution is -2.17. The zero-order valence-corrected chi connectivity index (χ0v) is 8.78. The van der Waals surface area contributed by atoms with Gasteiger partial charge in [0.1, 0.15) is 0 Å². The second kappa shape index (κ2) is 5.14. The standard InChI is InChI=1S/C9H10ClNOS/c1-13-9(12)11-6-7-4-2-3-5-8(7)10/h2-5H,6H2,1H3,(H,11,12). The van der Waals surface area contributed by atoms with Crippen molar-refractivity contribution in [3.05, 3.63) is 34.9 Å². The van der Waals surface area contributed by atoms with E-state index < -0.39 is 0 Å². The minimum absolute atomic E-state index is 0.0417. The zero-order chi connectivity index (χ0) is 9.68. The molecule has 4 heteroatoms. The predicted molar refractivity (Wildman–Crippen MR) is 57.2 cm³/mol. The van der Waals surface area contributed by atoms with Gasteiger partial charge in [0.25, 0.3) is 5.24 Å². The maximum Gasteiger partial charge on any atom is 0.279 e. The van der Waals surface area contributed by atoms with Crippen molar-refractivity contribution in [2.75, 3.05) is 6.26 Å². The van der Waals surface area contributed by atoms with Crippen LogP contribution in [0.25, 0.3) is 0 Å². The normalized spacial score (nSPS) is 9.69. The van der Waals surface area contributed by atoms with Gasteiger partial charge in [0, 0.05) is 11.6 Å². The first-order valence-corrected chi connectivity index (χ1v) is 5.39. The highest BCUT2D eigenvalue weighted by Gasteiger charge is 2.00. The molecular formula is C9H10ClNOS. The predicted octanol–water partition coefficient (Wildman–Crippen LogP) is 2.91. The summed E-state index contributed by atoms with van der Waals surface area (Å²) in [5.41, 5.74) is 0.937. The van der Waals surface area contributed by atoms with Gasteiger partial charge in [-0.3, -0.25) is 4.79 Å². The Hall–Kier alpha value is -0.670. The molecular weight excluding hydrogens is 206 g/mol. The molecule has 0 unspecified atom stereocenters. The largest absolute Gasteiger partial charge is 0.343 e. The van der Waals surface area contributed by atoms with E-state index in [0.717, 1.165) is 17.3 Å². The van der Waals surface area contributed by atoms with Crippen molar-refractivity contribution < 1.29 is 4.79 Å². The maximum absolute atomic E-state index is 10.9. The molecule has 0 saturated heterocycles. The van der Waals surface area contributed by atoms with Crippen LogP contribution in [0.5, 0.6) is 0 Å². The average Bonchev–Trinajstić information content (AvgIpc) is 2.16. The van der Waals surface area contributed by atoms with Gasteiger partial charge in [-0.15, -0.1) is 0 Å². The van der Waals surface area contributed by atoms with Gasteiger partial charge < -0.3 is 5.32 Å². The monoisotopic (exact) mass is 215 g/mol. The number of benzene rings is 1. The number of halogens is 1. The first-order chi connectivity index (χ1) is 6.24. The van der Waals surface area contributed by atoms with E-state index in [0.29, 0.717) is 11.6 Å². The number of thioether (sulfide) groups is 1. The first-order valence-electron chi connectivity index (χ1n) is 3.79. The number of rotatable bonds is 2. The number of hydrogen-bond donors (Lipinski definition) is 1. The Bertz CT molecular complexity index is 303. The Balaban J connectivity index is 2.54. The van der Waals surface area contributed by atoms with Gasteiger partial charge in [-0.05, 0) is 17.9 Å². The highest BCUT2D eigenvalue weighted by atomic mass is 35.5. The zero-order valence-electron chi connectivity index (χ0n) is 7.21. The van der Waals surface area contributed by atoms with E-state index in [-0.39, 0.29) is 5.24 Å². The van der Waals surface area contributed by atoms with Gasteiger partial charge in [0.15, 0.2) is 0 Å². The minimum Gasteiger partial charge on any atom is -0.343 e. The molecule has 0 radical (unpaired) electrons. The maximum atomic E-state index is 10.9. The summed E-state index contributed by atoms with van der Waals surface area (Å²) in [5.74, 6) is 0. The Morgan fingerprint density at radius 1 is 1.54 bits per heavy atom. The highest BCUT2D eigenvalue weighted by Crippen LogP contribution is 2.14. The molecule has 0 aromatic heterocycles.